The van der Waals surface area contributed by atoms with Gasteiger partial charge in [0, 0.05) is 12.6 Å². The molecule has 0 aromatic heterocycles. The second kappa shape index (κ2) is 13.3. The molecular formula is C21H29FIN3O2. The molecule has 2 aromatic rings. The number of aliphatic hydroxyl groups is 1. The van der Waals surface area contributed by atoms with Gasteiger partial charge >= 0.3 is 0 Å². The first-order valence-corrected chi connectivity index (χ1v) is 9.28. The summed E-state index contributed by atoms with van der Waals surface area (Å²) in [6.45, 7) is 5.75. The van der Waals surface area contributed by atoms with Crippen LogP contribution in [0.1, 0.15) is 31.4 Å². The molecule has 0 saturated heterocycles. The van der Waals surface area contributed by atoms with Gasteiger partial charge in [-0.15, -0.1) is 24.0 Å². The van der Waals surface area contributed by atoms with E-state index in [1.165, 1.54) is 12.1 Å². The molecule has 7 heteroatoms. The Morgan fingerprint density at radius 1 is 1.11 bits per heavy atom. The summed E-state index contributed by atoms with van der Waals surface area (Å²) in [5.41, 5.74) is 1.86. The van der Waals surface area contributed by atoms with Crippen molar-refractivity contribution in [2.75, 3.05) is 13.1 Å². The number of aliphatic hydroxyl groups excluding tert-OH is 1. The second-order valence-electron chi connectivity index (χ2n) is 6.11. The lowest BCUT2D eigenvalue weighted by atomic mass is 10.1. The molecule has 0 aliphatic heterocycles. The van der Waals surface area contributed by atoms with E-state index >= 15 is 0 Å². The Kier molecular flexibility index (Phi) is 11.5. The lowest BCUT2D eigenvalue weighted by Gasteiger charge is -2.20. The number of halogens is 2. The first-order chi connectivity index (χ1) is 13.2. The minimum atomic E-state index is -0.312. The second-order valence-corrected chi connectivity index (χ2v) is 6.11. The van der Waals surface area contributed by atoms with Gasteiger partial charge in [-0.2, -0.15) is 0 Å². The summed E-state index contributed by atoms with van der Waals surface area (Å²) in [6, 6.07) is 13.8. The maximum Gasteiger partial charge on any atom is 0.191 e. The third-order valence-electron chi connectivity index (χ3n) is 4.09. The van der Waals surface area contributed by atoms with Crippen molar-refractivity contribution < 1.29 is 14.2 Å². The molecule has 28 heavy (non-hydrogen) atoms. The number of hydrogen-bond acceptors (Lipinski definition) is 3. The Balaban J connectivity index is 0.00000392. The van der Waals surface area contributed by atoms with Gasteiger partial charge in [0.05, 0.1) is 19.7 Å². The Hall–Kier alpha value is -1.87. The zero-order valence-electron chi connectivity index (χ0n) is 16.3. The third-order valence-corrected chi connectivity index (χ3v) is 4.09. The molecule has 1 atom stereocenters. The Bertz CT molecular complexity index is 743. The van der Waals surface area contributed by atoms with E-state index in [1.807, 2.05) is 38.1 Å². The van der Waals surface area contributed by atoms with Crippen LogP contribution in [0.4, 0.5) is 4.39 Å². The summed E-state index contributed by atoms with van der Waals surface area (Å²) in [7, 11) is 0. The molecule has 0 amide bonds. The normalized spacial score (nSPS) is 12.1. The van der Waals surface area contributed by atoms with Gasteiger partial charge in [-0.1, -0.05) is 37.3 Å². The molecule has 0 aliphatic carbocycles. The summed E-state index contributed by atoms with van der Waals surface area (Å²) in [5.74, 6) is 0.877. The van der Waals surface area contributed by atoms with E-state index in [9.17, 15) is 9.50 Å². The molecule has 0 bridgehead atoms. The van der Waals surface area contributed by atoms with E-state index < -0.39 is 0 Å². The first-order valence-electron chi connectivity index (χ1n) is 9.28. The van der Waals surface area contributed by atoms with Crippen LogP contribution in [0.3, 0.4) is 0 Å². The molecule has 0 aliphatic rings. The number of guanidine groups is 1. The average molecular weight is 501 g/mol. The highest BCUT2D eigenvalue weighted by Crippen LogP contribution is 2.15. The number of hydrogen-bond donors (Lipinski definition) is 3. The molecule has 2 aromatic carbocycles. The van der Waals surface area contributed by atoms with Crippen LogP contribution >= 0.6 is 24.0 Å². The highest BCUT2D eigenvalue weighted by atomic mass is 127. The lowest BCUT2D eigenvalue weighted by molar-refractivity contribution is 0.198. The van der Waals surface area contributed by atoms with Gasteiger partial charge in [0.15, 0.2) is 5.96 Å². The number of benzene rings is 2. The summed E-state index contributed by atoms with van der Waals surface area (Å²) in [4.78, 5) is 4.59. The van der Waals surface area contributed by atoms with Crippen LogP contribution in [0.15, 0.2) is 53.5 Å². The Morgan fingerprint density at radius 3 is 2.50 bits per heavy atom. The molecule has 1 unspecified atom stereocenters. The summed E-state index contributed by atoms with van der Waals surface area (Å²) in [6.07, 6.45) is 0.663. The maximum absolute atomic E-state index is 13.3. The van der Waals surface area contributed by atoms with Crippen LogP contribution in [-0.2, 0) is 13.2 Å². The monoisotopic (exact) mass is 501 g/mol. The number of rotatable bonds is 9. The molecule has 0 saturated carbocycles. The van der Waals surface area contributed by atoms with Gasteiger partial charge in [-0.3, -0.25) is 0 Å². The molecule has 0 heterocycles. The van der Waals surface area contributed by atoms with Gasteiger partial charge in [-0.05, 0) is 36.6 Å². The standard InChI is InChI=1S/C21H28FN3O2.HI/c1-3-19(27-20-11-7-10-18(22)12-20)14-25-21(23-4-2)24-13-16-8-5-6-9-17(16)15-26;/h5-12,19,26H,3-4,13-15H2,1-2H3,(H2,23,24,25);1H. The lowest BCUT2D eigenvalue weighted by Crippen LogP contribution is -2.42. The van der Waals surface area contributed by atoms with Crippen LogP contribution in [0.25, 0.3) is 0 Å². The summed E-state index contributed by atoms with van der Waals surface area (Å²) >= 11 is 0. The summed E-state index contributed by atoms with van der Waals surface area (Å²) < 4.78 is 19.2. The molecular weight excluding hydrogens is 472 g/mol. The SMILES string of the molecule is CCNC(=NCc1ccccc1CO)NCC(CC)Oc1cccc(F)c1.I. The highest BCUT2D eigenvalue weighted by molar-refractivity contribution is 14.0. The number of nitrogens with zero attached hydrogens (tertiary/aromatic N) is 1. The minimum Gasteiger partial charge on any atom is -0.489 e. The molecule has 154 valence electrons. The minimum absolute atomic E-state index is 0. The molecule has 0 radical (unpaired) electrons. The zero-order chi connectivity index (χ0) is 19.5. The highest BCUT2D eigenvalue weighted by Gasteiger charge is 2.10. The van der Waals surface area contributed by atoms with Crippen molar-refractivity contribution in [1.82, 2.24) is 10.6 Å². The molecule has 5 nitrogen and oxygen atoms in total. The Morgan fingerprint density at radius 2 is 1.86 bits per heavy atom. The number of nitrogens with one attached hydrogen (secondary N) is 2. The van der Waals surface area contributed by atoms with Crippen LogP contribution in [0.2, 0.25) is 0 Å². The predicted molar refractivity (Wildman–Crippen MR) is 122 cm³/mol. The van der Waals surface area contributed by atoms with E-state index in [4.69, 9.17) is 4.74 Å². The van der Waals surface area contributed by atoms with Gasteiger partial charge in [-0.25, -0.2) is 9.38 Å². The fraction of sp³-hybridized carbons (Fsp3) is 0.381. The maximum atomic E-state index is 13.3. The smallest absolute Gasteiger partial charge is 0.191 e. The average Bonchev–Trinajstić information content (AvgIpc) is 2.69. The fourth-order valence-electron chi connectivity index (χ4n) is 2.58. The molecule has 0 fully saturated rings. The molecule has 3 N–H and O–H groups in total. The van der Waals surface area contributed by atoms with Crippen LogP contribution in [0.5, 0.6) is 5.75 Å². The quantitative estimate of drug-likeness (QED) is 0.278. The van der Waals surface area contributed by atoms with Crippen molar-refractivity contribution in [3.05, 3.63) is 65.5 Å². The van der Waals surface area contributed by atoms with E-state index in [0.29, 0.717) is 24.8 Å². The van der Waals surface area contributed by atoms with Crippen molar-refractivity contribution >= 4 is 29.9 Å². The van der Waals surface area contributed by atoms with Gasteiger partial charge < -0.3 is 20.5 Å². The molecule has 2 rings (SSSR count). The van der Waals surface area contributed by atoms with Crippen molar-refractivity contribution in [1.29, 1.82) is 0 Å². The Labute approximate surface area is 183 Å². The van der Waals surface area contributed by atoms with Crippen LogP contribution in [-0.4, -0.2) is 30.3 Å². The number of aliphatic imine (C=N–C) groups is 1. The third kappa shape index (κ3) is 8.02. The summed E-state index contributed by atoms with van der Waals surface area (Å²) in [5, 5.41) is 15.9. The number of ether oxygens (including phenoxy) is 1. The van der Waals surface area contributed by atoms with Crippen molar-refractivity contribution in [3.63, 3.8) is 0 Å². The first kappa shape index (κ1) is 24.2. The topological polar surface area (TPSA) is 65.9 Å². The fourth-order valence-corrected chi connectivity index (χ4v) is 2.58. The van der Waals surface area contributed by atoms with Crippen molar-refractivity contribution in [2.45, 2.75) is 39.5 Å². The van der Waals surface area contributed by atoms with E-state index in [1.54, 1.807) is 12.1 Å². The molecule has 0 spiro atoms. The van der Waals surface area contributed by atoms with E-state index in [2.05, 4.69) is 15.6 Å². The predicted octanol–water partition coefficient (Wildman–Crippen LogP) is 3.85. The van der Waals surface area contributed by atoms with E-state index in [0.717, 1.165) is 24.1 Å². The zero-order valence-corrected chi connectivity index (χ0v) is 18.7. The van der Waals surface area contributed by atoms with Gasteiger partial charge in [0.25, 0.3) is 0 Å². The van der Waals surface area contributed by atoms with Gasteiger partial charge in [0.1, 0.15) is 17.7 Å². The van der Waals surface area contributed by atoms with Crippen molar-refractivity contribution in [3.8, 4) is 5.75 Å². The van der Waals surface area contributed by atoms with E-state index in [-0.39, 0.29) is 42.5 Å². The van der Waals surface area contributed by atoms with Crippen LogP contribution < -0.4 is 15.4 Å². The van der Waals surface area contributed by atoms with Gasteiger partial charge in [0.2, 0.25) is 0 Å². The largest absolute Gasteiger partial charge is 0.489 e. The van der Waals surface area contributed by atoms with Crippen LogP contribution in [0, 0.1) is 5.82 Å². The van der Waals surface area contributed by atoms with Crippen molar-refractivity contribution in [2.24, 2.45) is 4.99 Å².